The minimum Gasteiger partial charge on any atom is -0.462 e. The summed E-state index contributed by atoms with van der Waals surface area (Å²) in [7, 11) is -2.84. The lowest BCUT2D eigenvalue weighted by molar-refractivity contribution is 0.0486. The van der Waals surface area contributed by atoms with Gasteiger partial charge in [-0.1, -0.05) is 0 Å². The molecule has 1 aliphatic rings. The summed E-state index contributed by atoms with van der Waals surface area (Å²) in [6.45, 7) is 2.24. The molecule has 0 radical (unpaired) electrons. The van der Waals surface area contributed by atoms with Crippen molar-refractivity contribution < 1.29 is 17.9 Å². The van der Waals surface area contributed by atoms with Crippen LogP contribution in [0.4, 0.5) is 0 Å². The molecule has 2 rings (SSSR count). The van der Waals surface area contributed by atoms with E-state index in [9.17, 15) is 13.2 Å². The number of nitrogens with zero attached hydrogens (tertiary/aromatic N) is 1. The molecule has 0 saturated carbocycles. The molecular weight excluding hydrogens is 659 g/mol. The highest BCUT2D eigenvalue weighted by Gasteiger charge is 2.21. The van der Waals surface area contributed by atoms with E-state index in [1.807, 2.05) is 12.1 Å². The molecule has 0 N–H and O–H groups in total. The molecule has 0 spiro atoms. The molecule has 1 aromatic carbocycles. The molecule has 1 fully saturated rings. The van der Waals surface area contributed by atoms with Crippen molar-refractivity contribution in [3.8, 4) is 0 Å². The number of hydrogen-bond donors (Lipinski definition) is 0. The zero-order valence-electron chi connectivity index (χ0n) is 12.2. The van der Waals surface area contributed by atoms with Gasteiger partial charge in [-0.2, -0.15) is 0 Å². The molecule has 0 unspecified atom stereocenters. The van der Waals surface area contributed by atoms with E-state index in [0.29, 0.717) is 31.7 Å². The van der Waals surface area contributed by atoms with Gasteiger partial charge in [0, 0.05) is 30.3 Å². The Labute approximate surface area is 177 Å². The minimum atomic E-state index is -2.84. The molecule has 5 nitrogen and oxygen atoms in total. The molecule has 0 aromatic heterocycles. The highest BCUT2D eigenvalue weighted by atomic mass is 127. The zero-order valence-corrected chi connectivity index (χ0v) is 19.5. The van der Waals surface area contributed by atoms with Crippen molar-refractivity contribution >= 4 is 83.6 Å². The molecule has 1 aromatic rings. The third-order valence-electron chi connectivity index (χ3n) is 3.54. The average Bonchev–Trinajstić information content (AvgIpc) is 2.49. The first kappa shape index (κ1) is 20.1. The van der Waals surface area contributed by atoms with Gasteiger partial charge in [-0.25, -0.2) is 13.2 Å². The average molecular weight is 675 g/mol. The van der Waals surface area contributed by atoms with E-state index in [-0.39, 0.29) is 17.5 Å². The Hall–Kier alpha value is 0.790. The first-order valence-electron chi connectivity index (χ1n) is 7.03. The lowest BCUT2D eigenvalue weighted by atomic mass is 10.2. The van der Waals surface area contributed by atoms with Crippen molar-refractivity contribution in [2.75, 3.05) is 37.7 Å². The van der Waals surface area contributed by atoms with E-state index < -0.39 is 9.84 Å². The Morgan fingerprint density at radius 2 is 1.74 bits per heavy atom. The first-order valence-corrected chi connectivity index (χ1v) is 12.1. The topological polar surface area (TPSA) is 63.7 Å². The van der Waals surface area contributed by atoms with E-state index >= 15 is 0 Å². The monoisotopic (exact) mass is 675 g/mol. The van der Waals surface area contributed by atoms with Crippen molar-refractivity contribution in [2.24, 2.45) is 0 Å². The van der Waals surface area contributed by atoms with Crippen LogP contribution in [0.5, 0.6) is 0 Å². The van der Waals surface area contributed by atoms with Gasteiger partial charge in [0.1, 0.15) is 0 Å². The lowest BCUT2D eigenvalue weighted by Crippen LogP contribution is -2.40. The number of rotatable bonds is 5. The molecule has 0 atom stereocenters. The van der Waals surface area contributed by atoms with Crippen LogP contribution in [0.25, 0.3) is 0 Å². The Kier molecular flexibility index (Phi) is 7.82. The van der Waals surface area contributed by atoms with Crippen LogP contribution >= 0.6 is 67.8 Å². The molecule has 23 heavy (non-hydrogen) atoms. The summed E-state index contributed by atoms with van der Waals surface area (Å²) in [6.07, 6.45) is 0.711. The second-order valence-electron chi connectivity index (χ2n) is 5.20. The van der Waals surface area contributed by atoms with Gasteiger partial charge in [0.25, 0.3) is 0 Å². The minimum absolute atomic E-state index is 0.228. The van der Waals surface area contributed by atoms with Crippen molar-refractivity contribution in [2.45, 2.75) is 6.42 Å². The van der Waals surface area contributed by atoms with Gasteiger partial charge in [-0.3, -0.25) is 0 Å². The zero-order chi connectivity index (χ0) is 17.0. The van der Waals surface area contributed by atoms with Gasteiger partial charge >= 0.3 is 5.97 Å². The summed E-state index contributed by atoms with van der Waals surface area (Å²) < 4.78 is 30.9. The second-order valence-corrected chi connectivity index (χ2v) is 10.9. The summed E-state index contributed by atoms with van der Waals surface area (Å²) in [6, 6.07) is 3.89. The first-order chi connectivity index (χ1) is 10.8. The van der Waals surface area contributed by atoms with Crippen molar-refractivity contribution in [3.05, 3.63) is 28.4 Å². The van der Waals surface area contributed by atoms with E-state index in [4.69, 9.17) is 4.74 Å². The number of esters is 1. The number of ether oxygens (including phenoxy) is 1. The van der Waals surface area contributed by atoms with Crippen LogP contribution in [0.2, 0.25) is 0 Å². The molecule has 0 amide bonds. The number of sulfone groups is 1. The third-order valence-corrected chi connectivity index (χ3v) is 9.10. The highest BCUT2D eigenvalue weighted by molar-refractivity contribution is 14.1. The van der Waals surface area contributed by atoms with Crippen LogP contribution in [0, 0.1) is 10.7 Å². The number of carbonyl (C=O) groups is 1. The third kappa shape index (κ3) is 5.92. The van der Waals surface area contributed by atoms with Crippen LogP contribution in [-0.4, -0.2) is 57.0 Å². The van der Waals surface area contributed by atoms with Crippen LogP contribution in [-0.2, 0) is 14.6 Å². The summed E-state index contributed by atoms with van der Waals surface area (Å²) in [4.78, 5) is 14.4. The SMILES string of the molecule is O=C(OCCCN1CCS(=O)(=O)CC1)c1c(I)ccc(I)c1I. The second kappa shape index (κ2) is 8.94. The Morgan fingerprint density at radius 1 is 1.13 bits per heavy atom. The quantitative estimate of drug-likeness (QED) is 0.208. The predicted octanol–water partition coefficient (Wildman–Crippen LogP) is 2.78. The fourth-order valence-electron chi connectivity index (χ4n) is 2.21. The predicted molar refractivity (Wildman–Crippen MR) is 115 cm³/mol. The van der Waals surface area contributed by atoms with Crippen LogP contribution in [0.1, 0.15) is 16.8 Å². The maximum Gasteiger partial charge on any atom is 0.340 e. The van der Waals surface area contributed by atoms with E-state index in [1.54, 1.807) is 0 Å². The van der Waals surface area contributed by atoms with Crippen molar-refractivity contribution in [1.82, 2.24) is 4.90 Å². The fraction of sp³-hybridized carbons (Fsp3) is 0.500. The van der Waals surface area contributed by atoms with Crippen LogP contribution in [0.3, 0.4) is 0 Å². The Bertz CT molecular complexity index is 680. The number of carbonyl (C=O) groups excluding carboxylic acids is 1. The Balaban J connectivity index is 1.79. The van der Waals surface area contributed by atoms with E-state index in [2.05, 4.69) is 72.7 Å². The highest BCUT2D eigenvalue weighted by Crippen LogP contribution is 2.25. The smallest absolute Gasteiger partial charge is 0.340 e. The molecule has 0 aliphatic carbocycles. The number of hydrogen-bond acceptors (Lipinski definition) is 5. The van der Waals surface area contributed by atoms with E-state index in [1.165, 1.54) is 0 Å². The maximum absolute atomic E-state index is 12.2. The normalized spacial score (nSPS) is 17.9. The molecule has 1 aliphatic heterocycles. The van der Waals surface area contributed by atoms with E-state index in [0.717, 1.165) is 17.3 Å². The molecule has 9 heteroatoms. The number of halogens is 3. The molecule has 128 valence electrons. The Morgan fingerprint density at radius 3 is 2.39 bits per heavy atom. The van der Waals surface area contributed by atoms with Crippen molar-refractivity contribution in [3.63, 3.8) is 0 Å². The molecule has 0 bridgehead atoms. The van der Waals surface area contributed by atoms with Crippen LogP contribution < -0.4 is 0 Å². The van der Waals surface area contributed by atoms with Gasteiger partial charge < -0.3 is 9.64 Å². The van der Waals surface area contributed by atoms with Crippen LogP contribution in [0.15, 0.2) is 12.1 Å². The maximum atomic E-state index is 12.2. The van der Waals surface area contributed by atoms with Gasteiger partial charge in [0.05, 0.1) is 23.7 Å². The van der Waals surface area contributed by atoms with Gasteiger partial charge in [-0.15, -0.1) is 0 Å². The van der Waals surface area contributed by atoms with Crippen molar-refractivity contribution in [1.29, 1.82) is 0 Å². The summed E-state index contributed by atoms with van der Waals surface area (Å²) in [5, 5.41) is 0. The summed E-state index contributed by atoms with van der Waals surface area (Å²) >= 11 is 6.51. The van der Waals surface area contributed by atoms with Gasteiger partial charge in [-0.05, 0) is 86.3 Å². The molecular formula is C14H16I3NO4S. The fourth-order valence-corrected chi connectivity index (χ4v) is 5.82. The lowest BCUT2D eigenvalue weighted by Gasteiger charge is -2.26. The standard InChI is InChI=1S/C14H16I3NO4S/c15-10-2-3-11(16)13(17)12(10)14(19)22-7-1-4-18-5-8-23(20,21)9-6-18/h2-3H,1,4-9H2. The molecule has 1 saturated heterocycles. The summed E-state index contributed by atoms with van der Waals surface area (Å²) in [5.41, 5.74) is 0.627. The summed E-state index contributed by atoms with van der Waals surface area (Å²) in [5.74, 6) is 0.163. The van der Waals surface area contributed by atoms with Gasteiger partial charge in [0.15, 0.2) is 9.84 Å². The molecule has 1 heterocycles. The number of benzene rings is 1. The van der Waals surface area contributed by atoms with Gasteiger partial charge in [0.2, 0.25) is 0 Å². The largest absolute Gasteiger partial charge is 0.462 e.